The van der Waals surface area contributed by atoms with Gasteiger partial charge in [-0.2, -0.15) is 0 Å². The van der Waals surface area contributed by atoms with Gasteiger partial charge in [0, 0.05) is 55.8 Å². The number of anilines is 2. The number of benzene rings is 3. The van der Waals surface area contributed by atoms with Gasteiger partial charge in [-0.25, -0.2) is 4.79 Å². The Bertz CT molecular complexity index is 1420. The molecule has 10 nitrogen and oxygen atoms in total. The fourth-order valence-corrected chi connectivity index (χ4v) is 5.68. The summed E-state index contributed by atoms with van der Waals surface area (Å²) in [5.74, 6) is 2.19. The van der Waals surface area contributed by atoms with Crippen LogP contribution in [0.2, 0.25) is 0 Å². The van der Waals surface area contributed by atoms with E-state index in [4.69, 9.17) is 18.9 Å². The second-order valence-electron chi connectivity index (χ2n) is 12.1. The van der Waals surface area contributed by atoms with E-state index >= 15 is 0 Å². The van der Waals surface area contributed by atoms with Crippen LogP contribution in [0.4, 0.5) is 16.2 Å². The molecular formula is C38H52N4O6. The first kappa shape index (κ1) is 36.6. The molecule has 1 saturated heterocycles. The van der Waals surface area contributed by atoms with Gasteiger partial charge in [0.2, 0.25) is 0 Å². The first-order valence-corrected chi connectivity index (χ1v) is 17.2. The number of piperidine rings is 1. The van der Waals surface area contributed by atoms with Gasteiger partial charge in [-0.15, -0.1) is 0 Å². The molecule has 1 aliphatic heterocycles. The van der Waals surface area contributed by atoms with Gasteiger partial charge in [-0.1, -0.05) is 27.2 Å². The summed E-state index contributed by atoms with van der Waals surface area (Å²) in [6.07, 6.45) is 6.41. The van der Waals surface area contributed by atoms with Gasteiger partial charge in [0.25, 0.3) is 5.91 Å². The summed E-state index contributed by atoms with van der Waals surface area (Å²) in [7, 11) is 3.17. The van der Waals surface area contributed by atoms with E-state index in [-0.39, 0.29) is 24.1 Å². The molecule has 3 aromatic carbocycles. The highest BCUT2D eigenvalue weighted by Crippen LogP contribution is 2.35. The van der Waals surface area contributed by atoms with Crippen LogP contribution in [0.1, 0.15) is 69.7 Å². The number of ether oxygens (including phenoxy) is 4. The highest BCUT2D eigenvalue weighted by Gasteiger charge is 2.22. The van der Waals surface area contributed by atoms with E-state index in [2.05, 4.69) is 22.5 Å². The Labute approximate surface area is 285 Å². The molecule has 260 valence electrons. The average Bonchev–Trinajstić information content (AvgIpc) is 3.12. The van der Waals surface area contributed by atoms with Gasteiger partial charge >= 0.3 is 6.03 Å². The number of urea groups is 1. The molecule has 0 aliphatic carbocycles. The Kier molecular flexibility index (Phi) is 14.4. The molecular weight excluding hydrogens is 608 g/mol. The largest absolute Gasteiger partial charge is 0.493 e. The molecule has 1 heterocycles. The first-order chi connectivity index (χ1) is 23.4. The quantitative estimate of drug-likeness (QED) is 0.153. The zero-order chi connectivity index (χ0) is 34.3. The molecule has 48 heavy (non-hydrogen) atoms. The lowest BCUT2D eigenvalue weighted by Gasteiger charge is -2.32. The molecule has 1 fully saturated rings. The number of unbranched alkanes of at least 4 members (excludes halogenated alkanes) is 1. The summed E-state index contributed by atoms with van der Waals surface area (Å²) < 4.78 is 23.2. The molecule has 1 aliphatic rings. The Balaban J connectivity index is 1.38. The highest BCUT2D eigenvalue weighted by atomic mass is 16.5. The minimum atomic E-state index is -0.263. The minimum absolute atomic E-state index is 0.117. The maximum absolute atomic E-state index is 13.7. The summed E-state index contributed by atoms with van der Waals surface area (Å²) in [6, 6.07) is 19.8. The number of amides is 3. The maximum atomic E-state index is 13.7. The van der Waals surface area contributed by atoms with Crippen molar-refractivity contribution < 1.29 is 28.5 Å². The van der Waals surface area contributed by atoms with E-state index in [9.17, 15) is 9.59 Å². The van der Waals surface area contributed by atoms with Crippen LogP contribution < -0.4 is 29.7 Å². The maximum Gasteiger partial charge on any atom is 0.319 e. The van der Waals surface area contributed by atoms with E-state index in [1.54, 1.807) is 37.3 Å². The Morgan fingerprint density at radius 3 is 2.21 bits per heavy atom. The van der Waals surface area contributed by atoms with Crippen molar-refractivity contribution in [3.05, 3.63) is 72.3 Å². The predicted molar refractivity (Wildman–Crippen MR) is 191 cm³/mol. The molecule has 0 aromatic heterocycles. The van der Waals surface area contributed by atoms with Crippen molar-refractivity contribution in [2.24, 2.45) is 0 Å². The van der Waals surface area contributed by atoms with Crippen molar-refractivity contribution in [1.29, 1.82) is 0 Å². The zero-order valence-corrected chi connectivity index (χ0v) is 29.1. The van der Waals surface area contributed by atoms with Crippen LogP contribution in [0.25, 0.3) is 0 Å². The number of hydrogen-bond acceptors (Lipinski definition) is 7. The number of carbonyl (C=O) groups is 2. The standard InChI is InChI=1S/C38H52N4O6/c1-6-9-22-41-23-20-34(21-24-41)47-32-15-10-28(11-16-32)37(43)42(25-26-45-4)31-13-17-33(18-14-31)48-35-19-12-30(27-36(35)46-5)40-38(44)39-29(7-2)8-3/h10-19,27,29,34H,6-9,20-26H2,1-5H3,(H2,39,40,44). The number of likely N-dealkylation sites (tertiary alicyclic amines) is 1. The molecule has 3 amide bonds. The van der Waals surface area contributed by atoms with Crippen LogP contribution in [-0.4, -0.2) is 76.0 Å². The van der Waals surface area contributed by atoms with Crippen molar-refractivity contribution in [2.75, 3.05) is 57.2 Å². The van der Waals surface area contributed by atoms with Crippen LogP contribution in [-0.2, 0) is 4.74 Å². The second kappa shape index (κ2) is 18.9. The Morgan fingerprint density at radius 1 is 0.896 bits per heavy atom. The lowest BCUT2D eigenvalue weighted by atomic mass is 10.1. The third-order valence-corrected chi connectivity index (χ3v) is 8.65. The molecule has 0 spiro atoms. The fraction of sp³-hybridized carbons (Fsp3) is 0.474. The van der Waals surface area contributed by atoms with Gasteiger partial charge in [0.15, 0.2) is 11.5 Å². The van der Waals surface area contributed by atoms with E-state index in [0.717, 1.165) is 56.8 Å². The summed E-state index contributed by atoms with van der Waals surface area (Å²) in [6.45, 7) is 10.4. The van der Waals surface area contributed by atoms with Crippen molar-refractivity contribution in [3.8, 4) is 23.0 Å². The number of nitrogens with one attached hydrogen (secondary N) is 2. The molecule has 0 atom stereocenters. The number of hydrogen-bond donors (Lipinski definition) is 2. The summed E-state index contributed by atoms with van der Waals surface area (Å²) in [5.41, 5.74) is 1.88. The van der Waals surface area contributed by atoms with Gasteiger partial charge in [0.05, 0.1) is 13.7 Å². The molecule has 0 bridgehead atoms. The summed E-state index contributed by atoms with van der Waals surface area (Å²) in [4.78, 5) is 30.3. The van der Waals surface area contributed by atoms with Crippen LogP contribution in [0, 0.1) is 0 Å². The third-order valence-electron chi connectivity index (χ3n) is 8.65. The summed E-state index contributed by atoms with van der Waals surface area (Å²) in [5, 5.41) is 5.81. The highest BCUT2D eigenvalue weighted by molar-refractivity contribution is 6.06. The molecule has 4 rings (SSSR count). The van der Waals surface area contributed by atoms with E-state index in [0.29, 0.717) is 41.7 Å². The van der Waals surface area contributed by atoms with Crippen LogP contribution >= 0.6 is 0 Å². The monoisotopic (exact) mass is 660 g/mol. The normalized spacial score (nSPS) is 13.6. The average molecular weight is 661 g/mol. The lowest BCUT2D eigenvalue weighted by Crippen LogP contribution is -2.38. The van der Waals surface area contributed by atoms with E-state index in [1.807, 2.05) is 62.4 Å². The molecule has 3 aromatic rings. The smallest absolute Gasteiger partial charge is 0.319 e. The van der Waals surface area contributed by atoms with E-state index < -0.39 is 0 Å². The predicted octanol–water partition coefficient (Wildman–Crippen LogP) is 7.73. The molecule has 10 heteroatoms. The Morgan fingerprint density at radius 2 is 1.58 bits per heavy atom. The first-order valence-electron chi connectivity index (χ1n) is 17.2. The van der Waals surface area contributed by atoms with Gasteiger partial charge < -0.3 is 39.4 Å². The molecule has 0 radical (unpaired) electrons. The SMILES string of the molecule is CCCCN1CCC(Oc2ccc(C(=O)N(CCOC)c3ccc(Oc4ccc(NC(=O)NC(CC)CC)cc4OC)cc3)cc2)CC1. The lowest BCUT2D eigenvalue weighted by molar-refractivity contribution is 0.0974. The zero-order valence-electron chi connectivity index (χ0n) is 29.1. The number of nitrogens with zero attached hydrogens (tertiary/aromatic N) is 2. The minimum Gasteiger partial charge on any atom is -0.493 e. The van der Waals surface area contributed by atoms with Crippen LogP contribution in [0.5, 0.6) is 23.0 Å². The fourth-order valence-electron chi connectivity index (χ4n) is 5.68. The summed E-state index contributed by atoms with van der Waals surface area (Å²) >= 11 is 0. The van der Waals surface area contributed by atoms with Gasteiger partial charge in [-0.3, -0.25) is 4.79 Å². The molecule has 0 saturated carbocycles. The number of rotatable bonds is 17. The molecule has 2 N–H and O–H groups in total. The van der Waals surface area contributed by atoms with Crippen LogP contribution in [0.15, 0.2) is 66.7 Å². The van der Waals surface area contributed by atoms with Crippen molar-refractivity contribution in [3.63, 3.8) is 0 Å². The van der Waals surface area contributed by atoms with Crippen LogP contribution in [0.3, 0.4) is 0 Å². The second-order valence-corrected chi connectivity index (χ2v) is 12.1. The van der Waals surface area contributed by atoms with E-state index in [1.165, 1.54) is 12.8 Å². The van der Waals surface area contributed by atoms with Gasteiger partial charge in [0.1, 0.15) is 17.6 Å². The van der Waals surface area contributed by atoms with Crippen molar-refractivity contribution in [1.82, 2.24) is 10.2 Å². The topological polar surface area (TPSA) is 102 Å². The van der Waals surface area contributed by atoms with Gasteiger partial charge in [-0.05, 0) is 99.3 Å². The van der Waals surface area contributed by atoms with Crippen molar-refractivity contribution >= 4 is 23.3 Å². The molecule has 0 unspecified atom stereocenters. The number of methoxy groups -OCH3 is 2. The Hall–Kier alpha value is -4.28. The van der Waals surface area contributed by atoms with Crippen molar-refractivity contribution in [2.45, 2.75) is 71.4 Å². The number of carbonyl (C=O) groups excluding carboxylic acids is 2. The third kappa shape index (κ3) is 10.6.